The SMILES string of the molecule is Br.Br.C[C@H](N)C(=O)NN. The number of hydrogen-bond acceptors (Lipinski definition) is 3. The van der Waals surface area contributed by atoms with Crippen LogP contribution in [-0.4, -0.2) is 11.9 Å². The van der Waals surface area contributed by atoms with Gasteiger partial charge in [-0.25, -0.2) is 5.84 Å². The number of hydrogen-bond donors (Lipinski definition) is 3. The van der Waals surface area contributed by atoms with Gasteiger partial charge in [0.2, 0.25) is 5.91 Å². The molecule has 9 heavy (non-hydrogen) atoms. The van der Waals surface area contributed by atoms with E-state index in [9.17, 15) is 4.79 Å². The number of carbonyl (C=O) groups is 1. The summed E-state index contributed by atoms with van der Waals surface area (Å²) in [5.74, 6) is 4.35. The normalized spacial score (nSPS) is 10.1. The van der Waals surface area contributed by atoms with Crippen LogP contribution in [0.25, 0.3) is 0 Å². The fraction of sp³-hybridized carbons (Fsp3) is 0.667. The lowest BCUT2D eigenvalue weighted by Crippen LogP contribution is -2.41. The molecule has 0 aliphatic heterocycles. The van der Waals surface area contributed by atoms with Gasteiger partial charge in [-0.15, -0.1) is 34.0 Å². The number of hydrazine groups is 1. The molecule has 0 aliphatic rings. The summed E-state index contributed by atoms with van der Waals surface area (Å²) in [5.41, 5.74) is 6.95. The first-order valence-electron chi connectivity index (χ1n) is 1.94. The van der Waals surface area contributed by atoms with E-state index < -0.39 is 6.04 Å². The fourth-order valence-corrected chi connectivity index (χ4v) is 0.131. The van der Waals surface area contributed by atoms with E-state index in [1.807, 2.05) is 5.43 Å². The van der Waals surface area contributed by atoms with Crippen molar-refractivity contribution in [2.75, 3.05) is 0 Å². The summed E-state index contributed by atoms with van der Waals surface area (Å²) in [4.78, 5) is 10.2. The molecule has 0 aromatic carbocycles. The topological polar surface area (TPSA) is 81.1 Å². The highest BCUT2D eigenvalue weighted by atomic mass is 79.9. The first kappa shape index (κ1) is 16.2. The predicted molar refractivity (Wildman–Crippen MR) is 46.6 cm³/mol. The van der Waals surface area contributed by atoms with Crippen LogP contribution >= 0.6 is 34.0 Å². The van der Waals surface area contributed by atoms with Gasteiger partial charge in [-0.1, -0.05) is 0 Å². The molecule has 6 heteroatoms. The van der Waals surface area contributed by atoms with Crippen molar-refractivity contribution in [1.29, 1.82) is 0 Å². The Bertz CT molecular complexity index is 77.5. The van der Waals surface area contributed by atoms with Crippen LogP contribution in [0.4, 0.5) is 0 Å². The standard InChI is InChI=1S/C3H9N3O.2BrH/c1-2(4)3(7)6-5;;/h2H,4-5H2,1H3,(H,6,7);2*1H/t2-;;/m0../s1. The minimum atomic E-state index is -0.509. The van der Waals surface area contributed by atoms with E-state index in [2.05, 4.69) is 0 Å². The second-order valence-electron chi connectivity index (χ2n) is 1.30. The van der Waals surface area contributed by atoms with Crippen molar-refractivity contribution in [3.8, 4) is 0 Å². The van der Waals surface area contributed by atoms with E-state index in [4.69, 9.17) is 11.6 Å². The average Bonchev–Trinajstić information content (AvgIpc) is 1.65. The van der Waals surface area contributed by atoms with Crippen molar-refractivity contribution in [2.45, 2.75) is 13.0 Å². The number of nitrogens with two attached hydrogens (primary N) is 2. The number of nitrogens with one attached hydrogen (secondary N) is 1. The molecule has 0 bridgehead atoms. The van der Waals surface area contributed by atoms with Gasteiger partial charge < -0.3 is 5.73 Å². The summed E-state index contributed by atoms with van der Waals surface area (Å²) in [7, 11) is 0. The Balaban J connectivity index is -0.000000180. The monoisotopic (exact) mass is 263 g/mol. The van der Waals surface area contributed by atoms with Gasteiger partial charge in [0, 0.05) is 0 Å². The van der Waals surface area contributed by atoms with Gasteiger partial charge in [0.25, 0.3) is 0 Å². The van der Waals surface area contributed by atoms with E-state index in [0.717, 1.165) is 0 Å². The molecule has 0 spiro atoms. The van der Waals surface area contributed by atoms with Crippen molar-refractivity contribution >= 4 is 39.9 Å². The van der Waals surface area contributed by atoms with Crippen molar-refractivity contribution in [2.24, 2.45) is 11.6 Å². The average molecular weight is 265 g/mol. The van der Waals surface area contributed by atoms with E-state index >= 15 is 0 Å². The van der Waals surface area contributed by atoms with Gasteiger partial charge in [-0.3, -0.25) is 10.2 Å². The first-order valence-corrected chi connectivity index (χ1v) is 1.94. The minimum absolute atomic E-state index is 0. The van der Waals surface area contributed by atoms with Gasteiger partial charge in [0.15, 0.2) is 0 Å². The summed E-state index contributed by atoms with van der Waals surface area (Å²) in [5, 5.41) is 0. The molecule has 1 atom stereocenters. The molecule has 0 radical (unpaired) electrons. The van der Waals surface area contributed by atoms with E-state index in [1.165, 1.54) is 0 Å². The molecular formula is C3H11Br2N3O. The molecule has 0 unspecified atom stereocenters. The summed E-state index contributed by atoms with van der Waals surface area (Å²) >= 11 is 0. The molecule has 0 rings (SSSR count). The maximum Gasteiger partial charge on any atom is 0.250 e. The van der Waals surface area contributed by atoms with E-state index in [0.29, 0.717) is 0 Å². The Morgan fingerprint density at radius 3 is 1.89 bits per heavy atom. The lowest BCUT2D eigenvalue weighted by atomic mass is 10.4. The maximum absolute atomic E-state index is 10.2. The Hall–Kier alpha value is 0.350. The fourth-order valence-electron chi connectivity index (χ4n) is 0.131. The predicted octanol–water partition coefficient (Wildman–Crippen LogP) is -0.521. The van der Waals surface area contributed by atoms with Gasteiger partial charge in [0.1, 0.15) is 0 Å². The van der Waals surface area contributed by atoms with Gasteiger partial charge in [-0.05, 0) is 6.92 Å². The van der Waals surface area contributed by atoms with E-state index in [-0.39, 0.29) is 39.9 Å². The molecule has 1 amide bonds. The Morgan fingerprint density at radius 2 is 1.89 bits per heavy atom. The second-order valence-corrected chi connectivity index (χ2v) is 1.30. The molecule has 0 saturated carbocycles. The molecule has 5 N–H and O–H groups in total. The smallest absolute Gasteiger partial charge is 0.250 e. The molecule has 0 heterocycles. The highest BCUT2D eigenvalue weighted by Gasteiger charge is 2.01. The third-order valence-electron chi connectivity index (χ3n) is 0.556. The lowest BCUT2D eigenvalue weighted by molar-refractivity contribution is -0.122. The number of carbonyl (C=O) groups excluding carboxylic acids is 1. The molecule has 0 aromatic heterocycles. The molecule has 0 aromatic rings. The molecule has 4 nitrogen and oxygen atoms in total. The molecule has 0 aliphatic carbocycles. The zero-order valence-corrected chi connectivity index (χ0v) is 8.38. The minimum Gasteiger partial charge on any atom is -0.320 e. The van der Waals surface area contributed by atoms with Crippen LogP contribution < -0.4 is 17.0 Å². The largest absolute Gasteiger partial charge is 0.320 e. The van der Waals surface area contributed by atoms with Crippen LogP contribution in [0.3, 0.4) is 0 Å². The van der Waals surface area contributed by atoms with Gasteiger partial charge in [0.05, 0.1) is 6.04 Å². The quantitative estimate of drug-likeness (QED) is 0.339. The van der Waals surface area contributed by atoms with Crippen LogP contribution in [0.5, 0.6) is 0 Å². The van der Waals surface area contributed by atoms with Crippen LogP contribution in [0.1, 0.15) is 6.92 Å². The van der Waals surface area contributed by atoms with Crippen LogP contribution in [0, 0.1) is 0 Å². The second kappa shape index (κ2) is 8.35. The summed E-state index contributed by atoms with van der Waals surface area (Å²) in [6.07, 6.45) is 0. The van der Waals surface area contributed by atoms with Crippen LogP contribution in [-0.2, 0) is 4.79 Å². The maximum atomic E-state index is 10.2. The zero-order valence-electron chi connectivity index (χ0n) is 4.96. The summed E-state index contributed by atoms with van der Waals surface area (Å²) in [6.45, 7) is 1.56. The van der Waals surface area contributed by atoms with Crippen molar-refractivity contribution in [1.82, 2.24) is 5.43 Å². The van der Waals surface area contributed by atoms with Crippen LogP contribution in [0.2, 0.25) is 0 Å². The summed E-state index contributed by atoms with van der Waals surface area (Å²) < 4.78 is 0. The zero-order chi connectivity index (χ0) is 5.86. The molecular weight excluding hydrogens is 254 g/mol. The Morgan fingerprint density at radius 1 is 1.56 bits per heavy atom. The van der Waals surface area contributed by atoms with Gasteiger partial charge >= 0.3 is 0 Å². The summed E-state index contributed by atoms with van der Waals surface area (Å²) in [6, 6.07) is -0.509. The van der Waals surface area contributed by atoms with Crippen molar-refractivity contribution < 1.29 is 4.79 Å². The number of halogens is 2. The third kappa shape index (κ3) is 8.35. The first-order chi connectivity index (χ1) is 3.18. The molecule has 0 fully saturated rings. The number of rotatable bonds is 1. The van der Waals surface area contributed by atoms with Crippen molar-refractivity contribution in [3.05, 3.63) is 0 Å². The van der Waals surface area contributed by atoms with E-state index in [1.54, 1.807) is 6.92 Å². The van der Waals surface area contributed by atoms with Crippen molar-refractivity contribution in [3.63, 3.8) is 0 Å². The number of amides is 1. The Labute approximate surface area is 74.9 Å². The highest BCUT2D eigenvalue weighted by Crippen LogP contribution is 1.67. The van der Waals surface area contributed by atoms with Gasteiger partial charge in [-0.2, -0.15) is 0 Å². The lowest BCUT2D eigenvalue weighted by Gasteiger charge is -1.98. The Kier molecular flexibility index (Phi) is 15.0. The molecule has 58 valence electrons. The van der Waals surface area contributed by atoms with Crippen LogP contribution in [0.15, 0.2) is 0 Å². The third-order valence-corrected chi connectivity index (χ3v) is 0.556. The molecule has 0 saturated heterocycles. The highest BCUT2D eigenvalue weighted by molar-refractivity contribution is 8.93.